The molecule has 0 nitrogen and oxygen atoms in total. The fraction of sp³-hybridized carbons (Fsp3) is 0.867. The highest BCUT2D eigenvalue weighted by Crippen LogP contribution is 2.70. The van der Waals surface area contributed by atoms with Crippen LogP contribution in [0.25, 0.3) is 0 Å². The van der Waals surface area contributed by atoms with Crippen LogP contribution in [0.2, 0.25) is 0 Å². The second-order valence-electron chi connectivity index (χ2n) is 6.89. The minimum Gasteiger partial charge on any atom is -0.0996 e. The van der Waals surface area contributed by atoms with Crippen molar-refractivity contribution in [2.45, 2.75) is 46.5 Å². The summed E-state index contributed by atoms with van der Waals surface area (Å²) in [7, 11) is 0. The average molecular weight is 204 g/mol. The molecule has 0 spiro atoms. The molecule has 3 aliphatic carbocycles. The van der Waals surface area contributed by atoms with Crippen LogP contribution in [0.3, 0.4) is 0 Å². The molecule has 0 heterocycles. The Morgan fingerprint density at radius 3 is 2.67 bits per heavy atom. The molecule has 0 aliphatic heterocycles. The van der Waals surface area contributed by atoms with Gasteiger partial charge in [0, 0.05) is 0 Å². The van der Waals surface area contributed by atoms with Crippen molar-refractivity contribution >= 4 is 0 Å². The number of allylic oxidation sites excluding steroid dienone is 1. The standard InChI is InChI=1S/C15H24/c1-9-6-8-12-14(15(12,3)4)13-10(2)5-7-11(9)13/h10-14H,1,5-8H2,2-4H3/t10-,11+,12-,13-,14+/m1/s1. The van der Waals surface area contributed by atoms with Crippen LogP contribution in [0, 0.1) is 35.0 Å². The highest BCUT2D eigenvalue weighted by atomic mass is 14.7. The van der Waals surface area contributed by atoms with Crippen LogP contribution in [0.15, 0.2) is 12.2 Å². The fourth-order valence-electron chi connectivity index (χ4n) is 4.93. The van der Waals surface area contributed by atoms with Gasteiger partial charge in [0.2, 0.25) is 0 Å². The van der Waals surface area contributed by atoms with Crippen LogP contribution in [-0.4, -0.2) is 0 Å². The summed E-state index contributed by atoms with van der Waals surface area (Å²) in [6.45, 7) is 11.8. The van der Waals surface area contributed by atoms with Gasteiger partial charge in [-0.2, -0.15) is 0 Å². The normalized spacial score (nSPS) is 51.9. The topological polar surface area (TPSA) is 0 Å². The van der Waals surface area contributed by atoms with Crippen LogP contribution in [0.4, 0.5) is 0 Å². The fourth-order valence-corrected chi connectivity index (χ4v) is 4.93. The Bertz CT molecular complexity index is 299. The van der Waals surface area contributed by atoms with Crippen LogP contribution >= 0.6 is 0 Å². The van der Waals surface area contributed by atoms with Gasteiger partial charge in [-0.1, -0.05) is 32.9 Å². The van der Waals surface area contributed by atoms with Gasteiger partial charge in [0.25, 0.3) is 0 Å². The van der Waals surface area contributed by atoms with E-state index in [1.54, 1.807) is 5.57 Å². The maximum atomic E-state index is 4.35. The van der Waals surface area contributed by atoms with E-state index in [-0.39, 0.29) is 0 Å². The van der Waals surface area contributed by atoms with Crippen molar-refractivity contribution in [3.05, 3.63) is 12.2 Å². The second-order valence-corrected chi connectivity index (χ2v) is 6.89. The van der Waals surface area contributed by atoms with E-state index < -0.39 is 0 Å². The molecule has 0 radical (unpaired) electrons. The molecule has 3 rings (SSSR count). The lowest BCUT2D eigenvalue weighted by atomic mass is 9.80. The first-order chi connectivity index (χ1) is 7.03. The third-order valence-electron chi connectivity index (χ3n) is 5.91. The highest BCUT2D eigenvalue weighted by Gasteiger charge is 2.64. The SMILES string of the molecule is C=C1CC[C@@H]2[C@@H]([C@@H]3[C@H](C)CC[C@@H]13)C2(C)C. The molecule has 3 saturated carbocycles. The molecule has 0 aromatic heterocycles. The Kier molecular flexibility index (Phi) is 1.92. The van der Waals surface area contributed by atoms with Crippen molar-refractivity contribution in [1.29, 1.82) is 0 Å². The van der Waals surface area contributed by atoms with E-state index in [0.717, 1.165) is 29.6 Å². The van der Waals surface area contributed by atoms with E-state index in [0.29, 0.717) is 5.41 Å². The van der Waals surface area contributed by atoms with E-state index in [2.05, 4.69) is 27.4 Å². The minimum absolute atomic E-state index is 0.655. The van der Waals surface area contributed by atoms with Gasteiger partial charge in [0.1, 0.15) is 0 Å². The van der Waals surface area contributed by atoms with Crippen molar-refractivity contribution < 1.29 is 0 Å². The first kappa shape index (κ1) is 9.93. The molecule has 0 amide bonds. The molecule has 0 bridgehead atoms. The Hall–Kier alpha value is -0.260. The largest absolute Gasteiger partial charge is 0.0996 e. The molecule has 84 valence electrons. The molecule has 0 heteroatoms. The van der Waals surface area contributed by atoms with Crippen LogP contribution < -0.4 is 0 Å². The Morgan fingerprint density at radius 2 is 1.93 bits per heavy atom. The third kappa shape index (κ3) is 1.20. The van der Waals surface area contributed by atoms with Crippen molar-refractivity contribution in [1.82, 2.24) is 0 Å². The summed E-state index contributed by atoms with van der Waals surface area (Å²) in [5.41, 5.74) is 2.25. The summed E-state index contributed by atoms with van der Waals surface area (Å²) >= 11 is 0. The average Bonchev–Trinajstić information content (AvgIpc) is 2.55. The maximum absolute atomic E-state index is 4.35. The predicted molar refractivity (Wildman–Crippen MR) is 64.5 cm³/mol. The summed E-state index contributed by atoms with van der Waals surface area (Å²) < 4.78 is 0. The maximum Gasteiger partial charge on any atom is -0.0172 e. The number of rotatable bonds is 0. The molecular formula is C15H24. The van der Waals surface area contributed by atoms with Crippen LogP contribution in [0.1, 0.15) is 46.5 Å². The molecule has 0 saturated heterocycles. The van der Waals surface area contributed by atoms with Gasteiger partial charge >= 0.3 is 0 Å². The van der Waals surface area contributed by atoms with E-state index >= 15 is 0 Å². The Labute approximate surface area is 94.1 Å². The van der Waals surface area contributed by atoms with Gasteiger partial charge in [0.15, 0.2) is 0 Å². The molecule has 0 unspecified atom stereocenters. The molecule has 0 aromatic rings. The number of hydrogen-bond acceptors (Lipinski definition) is 0. The van der Waals surface area contributed by atoms with E-state index in [1.807, 2.05) is 0 Å². The van der Waals surface area contributed by atoms with Gasteiger partial charge in [-0.25, -0.2) is 0 Å². The lowest BCUT2D eigenvalue weighted by molar-refractivity contribution is 0.280. The predicted octanol–water partition coefficient (Wildman–Crippen LogP) is 4.27. The van der Waals surface area contributed by atoms with E-state index in [4.69, 9.17) is 0 Å². The van der Waals surface area contributed by atoms with Gasteiger partial charge in [0.05, 0.1) is 0 Å². The molecule has 3 aliphatic rings. The third-order valence-corrected chi connectivity index (χ3v) is 5.91. The van der Waals surface area contributed by atoms with Crippen LogP contribution in [-0.2, 0) is 0 Å². The van der Waals surface area contributed by atoms with Crippen LogP contribution in [0.5, 0.6) is 0 Å². The van der Waals surface area contributed by atoms with Gasteiger partial charge in [-0.3, -0.25) is 0 Å². The molecule has 5 atom stereocenters. The van der Waals surface area contributed by atoms with E-state index in [1.165, 1.54) is 25.7 Å². The zero-order chi connectivity index (χ0) is 10.8. The number of fused-ring (bicyclic) bond motifs is 3. The summed E-state index contributed by atoms with van der Waals surface area (Å²) in [4.78, 5) is 0. The first-order valence-corrected chi connectivity index (χ1v) is 6.71. The monoisotopic (exact) mass is 204 g/mol. The molecule has 0 N–H and O–H groups in total. The quantitative estimate of drug-likeness (QED) is 0.517. The first-order valence-electron chi connectivity index (χ1n) is 6.71. The lowest BCUT2D eigenvalue weighted by Crippen LogP contribution is -2.18. The smallest absolute Gasteiger partial charge is 0.0172 e. The zero-order valence-electron chi connectivity index (χ0n) is 10.4. The zero-order valence-corrected chi connectivity index (χ0v) is 10.4. The summed E-state index contributed by atoms with van der Waals surface area (Å²) in [5.74, 6) is 4.87. The summed E-state index contributed by atoms with van der Waals surface area (Å²) in [6.07, 6.45) is 5.63. The lowest BCUT2D eigenvalue weighted by Gasteiger charge is -2.25. The number of hydrogen-bond donors (Lipinski definition) is 0. The van der Waals surface area contributed by atoms with Crippen molar-refractivity contribution in [3.63, 3.8) is 0 Å². The molecular weight excluding hydrogens is 180 g/mol. The van der Waals surface area contributed by atoms with E-state index in [9.17, 15) is 0 Å². The van der Waals surface area contributed by atoms with Crippen molar-refractivity contribution in [2.24, 2.45) is 35.0 Å². The summed E-state index contributed by atoms with van der Waals surface area (Å²) in [6, 6.07) is 0. The second kappa shape index (κ2) is 2.90. The van der Waals surface area contributed by atoms with Gasteiger partial charge in [-0.05, 0) is 60.7 Å². The Morgan fingerprint density at radius 1 is 1.20 bits per heavy atom. The highest BCUT2D eigenvalue weighted by molar-refractivity contribution is 5.20. The van der Waals surface area contributed by atoms with Gasteiger partial charge < -0.3 is 0 Å². The molecule has 3 fully saturated rings. The summed E-state index contributed by atoms with van der Waals surface area (Å²) in [5, 5.41) is 0. The molecule has 15 heavy (non-hydrogen) atoms. The minimum atomic E-state index is 0.655. The van der Waals surface area contributed by atoms with Gasteiger partial charge in [-0.15, -0.1) is 0 Å². The molecule has 0 aromatic carbocycles. The Balaban J connectivity index is 1.93. The van der Waals surface area contributed by atoms with Crippen molar-refractivity contribution in [2.75, 3.05) is 0 Å². The van der Waals surface area contributed by atoms with Crippen molar-refractivity contribution in [3.8, 4) is 0 Å².